The van der Waals surface area contributed by atoms with Crippen molar-refractivity contribution in [1.82, 2.24) is 10.1 Å². The van der Waals surface area contributed by atoms with Crippen molar-refractivity contribution in [1.29, 1.82) is 0 Å². The van der Waals surface area contributed by atoms with Gasteiger partial charge in [-0.15, -0.1) is 0 Å². The lowest BCUT2D eigenvalue weighted by molar-refractivity contribution is -0.127. The van der Waals surface area contributed by atoms with Gasteiger partial charge in [0.25, 0.3) is 0 Å². The Labute approximate surface area is 141 Å². The van der Waals surface area contributed by atoms with Crippen LogP contribution in [0, 0.1) is 6.92 Å². The first-order valence-electron chi connectivity index (χ1n) is 8.20. The van der Waals surface area contributed by atoms with E-state index in [2.05, 4.69) is 41.4 Å². The maximum atomic E-state index is 12.3. The van der Waals surface area contributed by atoms with Gasteiger partial charge in [0.15, 0.2) is 5.82 Å². The van der Waals surface area contributed by atoms with Crippen molar-refractivity contribution in [3.63, 3.8) is 0 Å². The molecule has 0 spiro atoms. The summed E-state index contributed by atoms with van der Waals surface area (Å²) < 4.78 is 11.0. The summed E-state index contributed by atoms with van der Waals surface area (Å²) in [6, 6.07) is 12.1. The number of carbonyl (C=O) groups is 1. The minimum Gasteiger partial charge on any atom is -0.370 e. The topological polar surface area (TPSA) is 67.6 Å². The highest BCUT2D eigenvalue weighted by atomic mass is 16.5. The molecule has 1 aliphatic heterocycles. The van der Waals surface area contributed by atoms with Gasteiger partial charge >= 0.3 is 0 Å². The molecule has 128 valence electrons. The molecule has 6 nitrogen and oxygen atoms in total. The summed E-state index contributed by atoms with van der Waals surface area (Å²) >= 11 is 0. The minimum absolute atomic E-state index is 0.0375. The van der Waals surface area contributed by atoms with Crippen molar-refractivity contribution in [3.05, 3.63) is 47.7 Å². The number of aryl methyl sites for hydroxylation is 1. The fraction of sp³-hybridized carbons (Fsp3) is 0.444. The summed E-state index contributed by atoms with van der Waals surface area (Å²) in [4.78, 5) is 14.5. The molecule has 2 heterocycles. The Balaban J connectivity index is 1.67. The monoisotopic (exact) mass is 329 g/mol. The average Bonchev–Trinajstić information content (AvgIpc) is 2.97. The van der Waals surface area contributed by atoms with Gasteiger partial charge in [0.05, 0.1) is 19.3 Å². The number of hydrogen-bond donors (Lipinski definition) is 1. The number of aromatic nitrogens is 1. The lowest BCUT2D eigenvalue weighted by Crippen LogP contribution is -2.53. The molecule has 1 aliphatic rings. The van der Waals surface area contributed by atoms with E-state index >= 15 is 0 Å². The Morgan fingerprint density at radius 3 is 2.75 bits per heavy atom. The summed E-state index contributed by atoms with van der Waals surface area (Å²) in [5.74, 6) is 1.02. The lowest BCUT2D eigenvalue weighted by Gasteiger charge is -2.43. The largest absolute Gasteiger partial charge is 0.370 e. The van der Waals surface area contributed by atoms with Crippen molar-refractivity contribution < 1.29 is 14.1 Å². The number of benzene rings is 1. The first-order chi connectivity index (χ1) is 11.5. The molecular formula is C18H23N3O3. The standard InChI is InChI=1S/C18H23N3O3/c1-12-11-23-18(15-7-5-4-6-8-15)14(3)21(12)10-17(22)19-16-9-13(2)24-20-16/h4-9,12,14,18H,10-11H2,1-3H3,(H,19,20,22)/t12-,14-,18-/m1/s1. The predicted octanol–water partition coefficient (Wildman–Crippen LogP) is 2.77. The van der Waals surface area contributed by atoms with Gasteiger partial charge in [0, 0.05) is 18.2 Å². The molecule has 0 unspecified atom stereocenters. The number of ether oxygens (including phenoxy) is 1. The second-order valence-corrected chi connectivity index (χ2v) is 6.30. The van der Waals surface area contributed by atoms with Crippen molar-refractivity contribution >= 4 is 11.7 Å². The van der Waals surface area contributed by atoms with Gasteiger partial charge in [0.1, 0.15) is 5.76 Å². The van der Waals surface area contributed by atoms with Crippen molar-refractivity contribution in [2.75, 3.05) is 18.5 Å². The number of amides is 1. The van der Waals surface area contributed by atoms with E-state index in [9.17, 15) is 4.79 Å². The molecule has 24 heavy (non-hydrogen) atoms. The van der Waals surface area contributed by atoms with Gasteiger partial charge in [-0.1, -0.05) is 35.5 Å². The van der Waals surface area contributed by atoms with Gasteiger partial charge in [-0.05, 0) is 26.3 Å². The van der Waals surface area contributed by atoms with E-state index in [1.807, 2.05) is 18.2 Å². The zero-order chi connectivity index (χ0) is 17.1. The van der Waals surface area contributed by atoms with E-state index in [0.717, 1.165) is 5.56 Å². The normalized spacial score (nSPS) is 24.7. The first kappa shape index (κ1) is 16.7. The molecule has 0 aliphatic carbocycles. The number of hydrogen-bond acceptors (Lipinski definition) is 5. The molecule has 3 rings (SSSR count). The van der Waals surface area contributed by atoms with Gasteiger partial charge in [0.2, 0.25) is 5.91 Å². The Kier molecular flexibility index (Phi) is 4.97. The van der Waals surface area contributed by atoms with Crippen molar-refractivity contribution in [2.45, 2.75) is 39.0 Å². The molecule has 1 aromatic heterocycles. The van der Waals surface area contributed by atoms with E-state index in [4.69, 9.17) is 9.26 Å². The van der Waals surface area contributed by atoms with E-state index in [1.165, 1.54) is 0 Å². The molecule has 1 N–H and O–H groups in total. The molecule has 1 saturated heterocycles. The second-order valence-electron chi connectivity index (χ2n) is 6.30. The van der Waals surface area contributed by atoms with Crippen LogP contribution < -0.4 is 5.32 Å². The maximum Gasteiger partial charge on any atom is 0.239 e. The molecular weight excluding hydrogens is 306 g/mol. The van der Waals surface area contributed by atoms with Crippen LogP contribution in [0.2, 0.25) is 0 Å². The highest BCUT2D eigenvalue weighted by molar-refractivity contribution is 5.91. The summed E-state index contributed by atoms with van der Waals surface area (Å²) in [5.41, 5.74) is 1.13. The molecule has 1 aromatic carbocycles. The Morgan fingerprint density at radius 2 is 2.08 bits per heavy atom. The number of nitrogens with zero attached hydrogens (tertiary/aromatic N) is 2. The molecule has 1 fully saturated rings. The number of carbonyl (C=O) groups excluding carboxylic acids is 1. The summed E-state index contributed by atoms with van der Waals surface area (Å²) in [7, 11) is 0. The fourth-order valence-corrected chi connectivity index (χ4v) is 3.14. The molecule has 1 amide bonds. The van der Waals surface area contributed by atoms with E-state index in [1.54, 1.807) is 13.0 Å². The predicted molar refractivity (Wildman–Crippen MR) is 90.6 cm³/mol. The molecule has 6 heteroatoms. The quantitative estimate of drug-likeness (QED) is 0.934. The van der Waals surface area contributed by atoms with Gasteiger partial charge in [-0.25, -0.2) is 0 Å². The van der Waals surface area contributed by atoms with E-state index in [0.29, 0.717) is 24.7 Å². The fourth-order valence-electron chi connectivity index (χ4n) is 3.14. The SMILES string of the molecule is Cc1cc(NC(=O)CN2[C@H](C)CO[C@@H](c3ccccc3)[C@H]2C)no1. The third-order valence-corrected chi connectivity index (χ3v) is 4.39. The van der Waals surface area contributed by atoms with Crippen LogP contribution in [0.15, 0.2) is 40.9 Å². The second kappa shape index (κ2) is 7.15. The highest BCUT2D eigenvalue weighted by Crippen LogP contribution is 2.30. The third kappa shape index (κ3) is 3.66. The van der Waals surface area contributed by atoms with Crippen LogP contribution in [-0.2, 0) is 9.53 Å². The number of morpholine rings is 1. The van der Waals surface area contributed by atoms with Crippen LogP contribution in [0.5, 0.6) is 0 Å². The maximum absolute atomic E-state index is 12.3. The average molecular weight is 329 g/mol. The van der Waals surface area contributed by atoms with Crippen LogP contribution in [0.3, 0.4) is 0 Å². The summed E-state index contributed by atoms with van der Waals surface area (Å²) in [6.07, 6.45) is -0.0375. The van der Waals surface area contributed by atoms with Crippen LogP contribution in [-0.4, -0.2) is 41.2 Å². The number of nitrogens with one attached hydrogen (secondary N) is 1. The minimum atomic E-state index is -0.101. The summed E-state index contributed by atoms with van der Waals surface area (Å²) in [5, 5.41) is 6.58. The van der Waals surface area contributed by atoms with Crippen LogP contribution in [0.4, 0.5) is 5.82 Å². The van der Waals surface area contributed by atoms with Gasteiger partial charge in [-0.2, -0.15) is 0 Å². The smallest absolute Gasteiger partial charge is 0.239 e. The summed E-state index contributed by atoms with van der Waals surface area (Å²) in [6.45, 7) is 6.85. The van der Waals surface area contributed by atoms with Crippen molar-refractivity contribution in [2.24, 2.45) is 0 Å². The molecule has 3 atom stereocenters. The van der Waals surface area contributed by atoms with Crippen molar-refractivity contribution in [3.8, 4) is 0 Å². The van der Waals surface area contributed by atoms with Crippen LogP contribution >= 0.6 is 0 Å². The van der Waals surface area contributed by atoms with Gasteiger partial charge < -0.3 is 14.6 Å². The lowest BCUT2D eigenvalue weighted by atomic mass is 9.98. The zero-order valence-electron chi connectivity index (χ0n) is 14.2. The molecule has 0 bridgehead atoms. The molecule has 2 aromatic rings. The first-order valence-corrected chi connectivity index (χ1v) is 8.20. The van der Waals surface area contributed by atoms with Crippen LogP contribution in [0.1, 0.15) is 31.3 Å². The van der Waals surface area contributed by atoms with E-state index in [-0.39, 0.29) is 24.1 Å². The number of rotatable bonds is 4. The molecule has 0 radical (unpaired) electrons. The third-order valence-electron chi connectivity index (χ3n) is 4.39. The zero-order valence-corrected chi connectivity index (χ0v) is 14.2. The van der Waals surface area contributed by atoms with E-state index < -0.39 is 0 Å². The molecule has 0 saturated carbocycles. The van der Waals surface area contributed by atoms with Gasteiger partial charge in [-0.3, -0.25) is 9.69 Å². The Hall–Kier alpha value is -2.18. The number of anilines is 1. The van der Waals surface area contributed by atoms with Crippen LogP contribution in [0.25, 0.3) is 0 Å². The Morgan fingerprint density at radius 1 is 1.33 bits per heavy atom. The Bertz CT molecular complexity index is 686. The highest BCUT2D eigenvalue weighted by Gasteiger charge is 2.35.